The Labute approximate surface area is 162 Å². The van der Waals surface area contributed by atoms with Gasteiger partial charge in [0.2, 0.25) is 11.8 Å². The largest absolute Gasteiger partial charge is 0.458 e. The maximum absolute atomic E-state index is 12.6. The van der Waals surface area contributed by atoms with Gasteiger partial charge in [0, 0.05) is 5.75 Å². The minimum absolute atomic E-state index is 0.181. The number of hydrogen-bond donors (Lipinski definition) is 2. The van der Waals surface area contributed by atoms with E-state index in [-0.39, 0.29) is 23.6 Å². The standard InChI is InChI=1S/C19H24N2O5S/c1-19(2,3)26-18(25)15-12(22)10-27-17-14(16(24)21(15)17)20-13(23)9-11-7-5-4-6-8-11/h4-8,12,14-15,17,22H,9-10H2,1-3H3,(H,20,23)/t12?,14-,15?,17-/m1/s1. The molecule has 0 spiro atoms. The van der Waals surface area contributed by atoms with Crippen LogP contribution in [0.4, 0.5) is 0 Å². The van der Waals surface area contributed by atoms with Crippen LogP contribution in [-0.4, -0.2) is 62.7 Å². The average Bonchev–Trinajstić information content (AvgIpc) is 2.58. The van der Waals surface area contributed by atoms with Gasteiger partial charge in [0.25, 0.3) is 0 Å². The number of carbonyl (C=O) groups is 3. The number of hydrogen-bond acceptors (Lipinski definition) is 6. The molecule has 2 heterocycles. The number of aliphatic hydroxyl groups is 1. The highest BCUT2D eigenvalue weighted by molar-refractivity contribution is 8.00. The second-order valence-electron chi connectivity index (χ2n) is 7.72. The van der Waals surface area contributed by atoms with Crippen molar-refractivity contribution in [3.05, 3.63) is 35.9 Å². The van der Waals surface area contributed by atoms with E-state index in [4.69, 9.17) is 4.74 Å². The molecule has 2 aliphatic heterocycles. The highest BCUT2D eigenvalue weighted by atomic mass is 32.2. The van der Waals surface area contributed by atoms with Crippen molar-refractivity contribution in [3.63, 3.8) is 0 Å². The number of amides is 2. The fourth-order valence-electron chi connectivity index (χ4n) is 3.20. The molecule has 2 aliphatic rings. The van der Waals surface area contributed by atoms with Gasteiger partial charge in [-0.3, -0.25) is 9.59 Å². The van der Waals surface area contributed by atoms with Gasteiger partial charge >= 0.3 is 5.97 Å². The second kappa shape index (κ2) is 7.52. The van der Waals surface area contributed by atoms with Crippen molar-refractivity contribution in [2.24, 2.45) is 0 Å². The molecule has 4 atom stereocenters. The lowest BCUT2D eigenvalue weighted by molar-refractivity contribution is -0.178. The van der Waals surface area contributed by atoms with E-state index in [1.165, 1.54) is 16.7 Å². The Bertz CT molecular complexity index is 733. The summed E-state index contributed by atoms with van der Waals surface area (Å²) in [5, 5.41) is 12.6. The van der Waals surface area contributed by atoms with Crippen molar-refractivity contribution in [3.8, 4) is 0 Å². The summed E-state index contributed by atoms with van der Waals surface area (Å²) in [4.78, 5) is 38.7. The average molecular weight is 392 g/mol. The molecule has 7 nitrogen and oxygen atoms in total. The van der Waals surface area contributed by atoms with Crippen LogP contribution < -0.4 is 5.32 Å². The van der Waals surface area contributed by atoms with Gasteiger partial charge < -0.3 is 20.1 Å². The SMILES string of the molecule is CC(C)(C)OC(=O)C1C(O)CS[C@@H]2[C@H](NC(=O)Cc3ccccc3)C(=O)N12. The van der Waals surface area contributed by atoms with E-state index in [9.17, 15) is 19.5 Å². The number of ether oxygens (including phenoxy) is 1. The molecule has 2 fully saturated rings. The number of β-lactam (4-membered cyclic amide) rings is 1. The second-order valence-corrected chi connectivity index (χ2v) is 8.87. The zero-order valence-corrected chi connectivity index (χ0v) is 16.4. The highest BCUT2D eigenvalue weighted by Crippen LogP contribution is 2.39. The Morgan fingerprint density at radius 1 is 1.30 bits per heavy atom. The van der Waals surface area contributed by atoms with Crippen molar-refractivity contribution in [2.45, 2.75) is 56.4 Å². The summed E-state index contributed by atoms with van der Waals surface area (Å²) < 4.78 is 5.35. The fourth-order valence-corrected chi connectivity index (χ4v) is 4.55. The third-order valence-corrected chi connectivity index (χ3v) is 5.73. The van der Waals surface area contributed by atoms with Crippen LogP contribution >= 0.6 is 11.8 Å². The maximum atomic E-state index is 12.6. The third kappa shape index (κ3) is 4.27. The molecule has 1 aromatic carbocycles. The number of carbonyl (C=O) groups excluding carboxylic acids is 3. The summed E-state index contributed by atoms with van der Waals surface area (Å²) in [6.07, 6.45) is -0.814. The number of nitrogens with zero attached hydrogens (tertiary/aromatic N) is 1. The third-order valence-electron chi connectivity index (χ3n) is 4.35. The molecule has 3 rings (SSSR count). The normalized spacial score (nSPS) is 27.4. The van der Waals surface area contributed by atoms with E-state index < -0.39 is 29.8 Å². The van der Waals surface area contributed by atoms with Crippen molar-refractivity contribution >= 4 is 29.5 Å². The molecule has 27 heavy (non-hydrogen) atoms. The monoisotopic (exact) mass is 392 g/mol. The Hall–Kier alpha value is -2.06. The first-order chi connectivity index (χ1) is 12.7. The van der Waals surface area contributed by atoms with Crippen LogP contribution in [0.5, 0.6) is 0 Å². The van der Waals surface area contributed by atoms with E-state index in [1.54, 1.807) is 20.8 Å². The number of nitrogens with one attached hydrogen (secondary N) is 1. The van der Waals surface area contributed by atoms with Gasteiger partial charge in [0.15, 0.2) is 6.04 Å². The van der Waals surface area contributed by atoms with Gasteiger partial charge in [-0.2, -0.15) is 0 Å². The molecule has 8 heteroatoms. The first-order valence-corrected chi connectivity index (χ1v) is 9.90. The van der Waals surface area contributed by atoms with Crippen molar-refractivity contribution < 1.29 is 24.2 Å². The lowest BCUT2D eigenvalue weighted by Crippen LogP contribution is -2.77. The Morgan fingerprint density at radius 3 is 2.59 bits per heavy atom. The zero-order valence-electron chi connectivity index (χ0n) is 15.5. The summed E-state index contributed by atoms with van der Waals surface area (Å²) in [6, 6.07) is 7.53. The van der Waals surface area contributed by atoms with Gasteiger partial charge in [-0.05, 0) is 26.3 Å². The predicted octanol–water partition coefficient (Wildman–Crippen LogP) is 0.700. The molecule has 0 saturated carbocycles. The predicted molar refractivity (Wildman–Crippen MR) is 101 cm³/mol. The van der Waals surface area contributed by atoms with Gasteiger partial charge in [0.05, 0.1) is 12.5 Å². The molecule has 2 amide bonds. The smallest absolute Gasteiger partial charge is 0.332 e. The summed E-state index contributed by atoms with van der Waals surface area (Å²) in [5.41, 5.74) is 0.144. The topological polar surface area (TPSA) is 95.9 Å². The quantitative estimate of drug-likeness (QED) is 0.579. The van der Waals surface area contributed by atoms with Crippen LogP contribution in [0.25, 0.3) is 0 Å². The van der Waals surface area contributed by atoms with Crippen molar-refractivity contribution in [1.82, 2.24) is 10.2 Å². The summed E-state index contributed by atoms with van der Waals surface area (Å²) >= 11 is 1.35. The fraction of sp³-hybridized carbons (Fsp3) is 0.526. The highest BCUT2D eigenvalue weighted by Gasteiger charge is 2.58. The maximum Gasteiger partial charge on any atom is 0.332 e. The van der Waals surface area contributed by atoms with Crippen molar-refractivity contribution in [1.29, 1.82) is 0 Å². The number of thioether (sulfide) groups is 1. The molecule has 0 radical (unpaired) electrons. The molecular weight excluding hydrogens is 368 g/mol. The zero-order chi connectivity index (χ0) is 19.8. The lowest BCUT2D eigenvalue weighted by Gasteiger charge is -2.53. The number of esters is 1. The van der Waals surface area contributed by atoms with E-state index in [0.717, 1.165) is 5.56 Å². The van der Waals surface area contributed by atoms with Crippen molar-refractivity contribution in [2.75, 3.05) is 5.75 Å². The first-order valence-electron chi connectivity index (χ1n) is 8.85. The lowest BCUT2D eigenvalue weighted by atomic mass is 9.99. The summed E-state index contributed by atoms with van der Waals surface area (Å²) in [7, 11) is 0. The molecule has 2 unspecified atom stereocenters. The van der Waals surface area contributed by atoms with E-state index in [1.807, 2.05) is 30.3 Å². The number of fused-ring (bicyclic) bond motifs is 1. The molecule has 0 aromatic heterocycles. The van der Waals surface area contributed by atoms with Crippen LogP contribution in [0.3, 0.4) is 0 Å². The van der Waals surface area contributed by atoms with Gasteiger partial charge in [-0.25, -0.2) is 4.79 Å². The summed E-state index contributed by atoms with van der Waals surface area (Å²) in [6.45, 7) is 5.20. The van der Waals surface area contributed by atoms with Gasteiger partial charge in [-0.1, -0.05) is 30.3 Å². The number of aliphatic hydroxyl groups excluding tert-OH is 1. The van der Waals surface area contributed by atoms with Crippen LogP contribution in [0.2, 0.25) is 0 Å². The molecule has 0 bridgehead atoms. The van der Waals surface area contributed by atoms with Gasteiger partial charge in [0.1, 0.15) is 17.0 Å². The Balaban J connectivity index is 1.65. The minimum Gasteiger partial charge on any atom is -0.458 e. The molecule has 146 valence electrons. The minimum atomic E-state index is -1.04. The first kappa shape index (κ1) is 19.7. The van der Waals surface area contributed by atoms with E-state index in [2.05, 4.69) is 5.32 Å². The van der Waals surface area contributed by atoms with Crippen LogP contribution in [0, 0.1) is 0 Å². The molecule has 2 N–H and O–H groups in total. The van der Waals surface area contributed by atoms with E-state index in [0.29, 0.717) is 5.75 Å². The number of rotatable bonds is 4. The van der Waals surface area contributed by atoms with E-state index >= 15 is 0 Å². The molecule has 1 aromatic rings. The van der Waals surface area contributed by atoms with Crippen LogP contribution in [-0.2, 0) is 25.5 Å². The van der Waals surface area contributed by atoms with Crippen LogP contribution in [0.15, 0.2) is 30.3 Å². The van der Waals surface area contributed by atoms with Crippen LogP contribution in [0.1, 0.15) is 26.3 Å². The Morgan fingerprint density at radius 2 is 1.96 bits per heavy atom. The summed E-state index contributed by atoms with van der Waals surface area (Å²) in [5.74, 6) is -0.949. The molecular formula is C19H24N2O5S. The molecule has 0 aliphatic carbocycles. The van der Waals surface area contributed by atoms with Gasteiger partial charge in [-0.15, -0.1) is 11.8 Å². The molecule has 2 saturated heterocycles. The number of benzene rings is 1. The Kier molecular flexibility index (Phi) is 5.48.